The predicted molar refractivity (Wildman–Crippen MR) is 109 cm³/mol. The Balaban J connectivity index is 1.67. The van der Waals surface area contributed by atoms with Gasteiger partial charge in [0.15, 0.2) is 0 Å². The molecule has 0 aromatic carbocycles. The molecular weight excluding hydrogens is 398 g/mol. The van der Waals surface area contributed by atoms with Gasteiger partial charge in [0, 0.05) is 17.7 Å². The van der Waals surface area contributed by atoms with Crippen molar-refractivity contribution in [2.75, 3.05) is 19.6 Å². The number of hydroxylamine groups is 4. The molecule has 0 spiro atoms. The van der Waals surface area contributed by atoms with E-state index in [1.54, 1.807) is 4.90 Å². The van der Waals surface area contributed by atoms with Gasteiger partial charge in [-0.2, -0.15) is 5.10 Å². The van der Waals surface area contributed by atoms with Crippen molar-refractivity contribution in [3.05, 3.63) is 10.4 Å². The highest BCUT2D eigenvalue weighted by molar-refractivity contribution is 6.20. The van der Waals surface area contributed by atoms with Gasteiger partial charge in [-0.1, -0.05) is 0 Å². The van der Waals surface area contributed by atoms with Gasteiger partial charge in [-0.3, -0.25) is 0 Å². The molecule has 9 nitrogen and oxygen atoms in total. The minimum Gasteiger partial charge on any atom is -0.600 e. The Morgan fingerprint density at radius 1 is 1.00 bits per heavy atom. The topological polar surface area (TPSA) is 124 Å². The lowest BCUT2D eigenvalue weighted by molar-refractivity contribution is -1.09. The lowest BCUT2D eigenvalue weighted by Crippen LogP contribution is -3.15. The molecule has 1 aliphatic heterocycles. The summed E-state index contributed by atoms with van der Waals surface area (Å²) in [7, 11) is 0. The van der Waals surface area contributed by atoms with Gasteiger partial charge in [-0.15, -0.1) is 11.6 Å². The fraction of sp³-hybridized carbons (Fsp3) is 0.947. The first-order chi connectivity index (χ1) is 13.9. The first kappa shape index (κ1) is 23.1. The van der Waals surface area contributed by atoms with E-state index in [4.69, 9.17) is 16.7 Å². The molecule has 5 atom stereocenters. The van der Waals surface area contributed by atoms with Crippen molar-refractivity contribution in [1.29, 1.82) is 0 Å². The standard InChI is InChI=1S/C19H36ClN5O4/c20-15-6-4-14(5-7-15)18(13-23-10-2-1-3-11-23)22-21-17-9-8-16(24(26)27)12-19(17)25(28)29/h14-17,19,21,24-26,28H,1-13H2/p+1. The molecule has 0 bridgehead atoms. The van der Waals surface area contributed by atoms with E-state index in [1.807, 2.05) is 0 Å². The zero-order valence-electron chi connectivity index (χ0n) is 17.1. The fourth-order valence-corrected chi connectivity index (χ4v) is 5.39. The van der Waals surface area contributed by atoms with Crippen molar-refractivity contribution in [2.45, 2.75) is 87.7 Å². The van der Waals surface area contributed by atoms with Crippen molar-refractivity contribution in [1.82, 2.24) is 5.43 Å². The first-order valence-electron chi connectivity index (χ1n) is 11.2. The quantitative estimate of drug-likeness (QED) is 0.168. The number of rotatable bonds is 7. The number of alkyl halides is 1. The van der Waals surface area contributed by atoms with Gasteiger partial charge < -0.3 is 20.7 Å². The molecule has 2 aliphatic carbocycles. The molecule has 6 N–H and O–H groups in total. The average molecular weight is 435 g/mol. The van der Waals surface area contributed by atoms with Crippen LogP contribution < -0.4 is 20.8 Å². The number of quaternary nitrogens is 3. The monoisotopic (exact) mass is 434 g/mol. The molecule has 168 valence electrons. The molecule has 0 amide bonds. The van der Waals surface area contributed by atoms with Crippen molar-refractivity contribution in [3.8, 4) is 0 Å². The van der Waals surface area contributed by atoms with Crippen LogP contribution in [0.3, 0.4) is 0 Å². The molecule has 3 fully saturated rings. The Morgan fingerprint density at radius 2 is 1.69 bits per heavy atom. The van der Waals surface area contributed by atoms with Crippen LogP contribution in [0.25, 0.3) is 0 Å². The number of halogens is 1. The van der Waals surface area contributed by atoms with Crippen molar-refractivity contribution in [2.24, 2.45) is 11.0 Å². The second-order valence-corrected chi connectivity index (χ2v) is 9.69. The van der Waals surface area contributed by atoms with Crippen LogP contribution in [0.15, 0.2) is 5.10 Å². The molecule has 1 saturated heterocycles. The lowest BCUT2D eigenvalue weighted by atomic mass is 9.85. The van der Waals surface area contributed by atoms with Crippen LogP contribution >= 0.6 is 11.6 Å². The zero-order chi connectivity index (χ0) is 20.8. The number of hydrogen-bond donors (Lipinski definition) is 6. The van der Waals surface area contributed by atoms with Crippen LogP contribution in [-0.2, 0) is 0 Å². The summed E-state index contributed by atoms with van der Waals surface area (Å²) in [6.45, 7) is 3.25. The number of piperidine rings is 1. The van der Waals surface area contributed by atoms with E-state index in [-0.39, 0.29) is 17.8 Å². The summed E-state index contributed by atoms with van der Waals surface area (Å²) >= 11 is 6.30. The minimum atomic E-state index is -0.936. The number of nitrogens with one attached hydrogen (secondary N) is 4. The number of likely N-dealkylation sites (tertiary alicyclic amines) is 1. The second kappa shape index (κ2) is 11.2. The van der Waals surface area contributed by atoms with Crippen molar-refractivity contribution >= 4 is 17.3 Å². The van der Waals surface area contributed by atoms with Gasteiger partial charge in [0.25, 0.3) is 0 Å². The van der Waals surface area contributed by atoms with E-state index in [1.165, 1.54) is 32.4 Å². The molecule has 1 heterocycles. The van der Waals surface area contributed by atoms with E-state index in [0.717, 1.165) is 37.9 Å². The maximum atomic E-state index is 11.7. The Kier molecular flexibility index (Phi) is 8.94. The van der Waals surface area contributed by atoms with Crippen LogP contribution in [0.2, 0.25) is 0 Å². The van der Waals surface area contributed by atoms with Crippen LogP contribution in [0, 0.1) is 16.3 Å². The molecule has 3 rings (SSSR count). The van der Waals surface area contributed by atoms with Crippen molar-refractivity contribution in [3.63, 3.8) is 0 Å². The van der Waals surface area contributed by atoms with Crippen LogP contribution in [0.4, 0.5) is 0 Å². The van der Waals surface area contributed by atoms with Crippen molar-refractivity contribution < 1.29 is 25.8 Å². The molecule has 2 saturated carbocycles. The van der Waals surface area contributed by atoms with Gasteiger partial charge in [0.2, 0.25) is 0 Å². The third kappa shape index (κ3) is 6.73. The largest absolute Gasteiger partial charge is 0.600 e. The minimum absolute atomic E-state index is 0.169. The molecule has 10 heteroatoms. The maximum absolute atomic E-state index is 11.7. The molecule has 3 aliphatic rings. The molecular formula is C19H37ClN5O4+. The highest BCUT2D eigenvalue weighted by Crippen LogP contribution is 2.28. The highest BCUT2D eigenvalue weighted by Gasteiger charge is 2.38. The number of nitrogens with zero attached hydrogens (tertiary/aromatic N) is 1. The van der Waals surface area contributed by atoms with Crippen LogP contribution in [-0.4, -0.2) is 59.3 Å². The normalized spacial score (nSPS) is 37.1. The molecule has 5 unspecified atom stereocenters. The van der Waals surface area contributed by atoms with Gasteiger partial charge >= 0.3 is 0 Å². The van der Waals surface area contributed by atoms with E-state index in [9.17, 15) is 20.8 Å². The highest BCUT2D eigenvalue weighted by atomic mass is 35.5. The fourth-order valence-electron chi connectivity index (χ4n) is 5.13. The lowest BCUT2D eigenvalue weighted by Gasteiger charge is -2.39. The first-order valence-corrected chi connectivity index (χ1v) is 11.6. The number of hydrazone groups is 1. The van der Waals surface area contributed by atoms with E-state index in [2.05, 4.69) is 5.43 Å². The summed E-state index contributed by atoms with van der Waals surface area (Å²) in [6, 6.07) is -1.59. The van der Waals surface area contributed by atoms with Gasteiger partial charge in [-0.25, -0.2) is 20.9 Å². The number of hydrogen-bond acceptors (Lipinski definition) is 6. The van der Waals surface area contributed by atoms with Crippen LogP contribution in [0.1, 0.15) is 64.2 Å². The summed E-state index contributed by atoms with van der Waals surface area (Å²) in [5.74, 6) is 0.408. The SMILES string of the molecule is [O-][NH+](O)C1CCC(NN=C(C[NH+]2CCCCC2)C2CCC(Cl)CC2)C([NH+]([O-])O)C1. The molecule has 0 aromatic heterocycles. The summed E-state index contributed by atoms with van der Waals surface area (Å²) in [5, 5.41) is 45.1. The maximum Gasteiger partial charge on any atom is 0.144 e. The van der Waals surface area contributed by atoms with Crippen LogP contribution in [0.5, 0.6) is 0 Å². The Hall–Kier alpha value is -0.520. The summed E-state index contributed by atoms with van der Waals surface area (Å²) < 4.78 is 0. The summed E-state index contributed by atoms with van der Waals surface area (Å²) in [5.41, 5.74) is 4.33. The average Bonchev–Trinajstić information content (AvgIpc) is 2.72. The molecule has 0 aromatic rings. The van der Waals surface area contributed by atoms with Gasteiger partial charge in [0.05, 0.1) is 31.3 Å². The Morgan fingerprint density at radius 3 is 2.31 bits per heavy atom. The summed E-state index contributed by atoms with van der Waals surface area (Å²) in [4.78, 5) is 1.56. The smallest absolute Gasteiger partial charge is 0.144 e. The summed E-state index contributed by atoms with van der Waals surface area (Å²) in [6.07, 6.45) is 9.08. The third-order valence-electron chi connectivity index (χ3n) is 7.01. The zero-order valence-corrected chi connectivity index (χ0v) is 17.9. The Labute approximate surface area is 177 Å². The predicted octanol–water partition coefficient (Wildman–Crippen LogP) is -1.37. The third-order valence-corrected chi connectivity index (χ3v) is 7.45. The van der Waals surface area contributed by atoms with E-state index in [0.29, 0.717) is 18.8 Å². The second-order valence-electron chi connectivity index (χ2n) is 9.07. The molecule has 29 heavy (non-hydrogen) atoms. The van der Waals surface area contributed by atoms with E-state index >= 15 is 0 Å². The van der Waals surface area contributed by atoms with Gasteiger partial charge in [0.1, 0.15) is 18.6 Å². The molecule has 0 radical (unpaired) electrons. The van der Waals surface area contributed by atoms with E-state index < -0.39 is 22.5 Å². The Bertz CT molecular complexity index is 525. The van der Waals surface area contributed by atoms with Gasteiger partial charge in [-0.05, 0) is 51.4 Å².